The second-order valence-electron chi connectivity index (χ2n) is 16.9. The van der Waals surface area contributed by atoms with E-state index in [1.165, 1.54) is 180 Å². The van der Waals surface area contributed by atoms with Gasteiger partial charge in [-0.2, -0.15) is 0 Å². The Morgan fingerprint density at radius 2 is 0.857 bits per heavy atom. The number of nitrogens with two attached hydrogens (primary N) is 1. The second kappa shape index (κ2) is 42.6. The van der Waals surface area contributed by atoms with E-state index in [0.717, 1.165) is 38.5 Å². The summed E-state index contributed by atoms with van der Waals surface area (Å²) < 4.78 is 22.2. The van der Waals surface area contributed by atoms with Gasteiger partial charge < -0.3 is 26.2 Å². The number of carbonyl (C=O) groups is 1. The van der Waals surface area contributed by atoms with Crippen LogP contribution in [0.25, 0.3) is 0 Å². The second-order valence-corrected chi connectivity index (χ2v) is 18.3. The van der Waals surface area contributed by atoms with E-state index in [9.17, 15) is 24.5 Å². The summed E-state index contributed by atoms with van der Waals surface area (Å²) in [6.45, 7) is 4.09. The monoisotopic (exact) mass is 819 g/mol. The molecule has 336 valence electrons. The molecular formula is C46H95N2O7P. The smallest absolute Gasteiger partial charge is 0.393 e. The van der Waals surface area contributed by atoms with Crippen LogP contribution in [0.2, 0.25) is 0 Å². The first-order valence-electron chi connectivity index (χ1n) is 24.2. The minimum Gasteiger partial charge on any atom is -0.393 e. The number of rotatable bonds is 46. The number of phosphoric ester groups is 1. The predicted molar refractivity (Wildman–Crippen MR) is 237 cm³/mol. The third-order valence-corrected chi connectivity index (χ3v) is 12.2. The molecule has 0 fully saturated rings. The number of aliphatic hydroxyl groups excluding tert-OH is 2. The lowest BCUT2D eigenvalue weighted by Gasteiger charge is -2.25. The van der Waals surface area contributed by atoms with Crippen molar-refractivity contribution in [2.24, 2.45) is 5.73 Å². The standard InChI is InChI=1S/C46H95N2O7P/c1-3-5-7-9-11-13-15-17-19-21-22-24-26-28-30-32-34-36-38-45(50)44(42-55-56(52,53)54-40-39-47)48-46(51)41-43(49)37-35-33-31-29-27-25-23-20-18-16-14-12-10-8-6-4-2/h43-45,49-50H,3-42,47H2,1-2H3,(H,48,51)(H,52,53). The summed E-state index contributed by atoms with van der Waals surface area (Å²) in [6, 6.07) is -0.891. The molecule has 0 saturated carbocycles. The van der Waals surface area contributed by atoms with Crippen molar-refractivity contribution in [1.29, 1.82) is 0 Å². The first-order chi connectivity index (χ1) is 27.3. The maximum Gasteiger partial charge on any atom is 0.472 e. The van der Waals surface area contributed by atoms with Gasteiger partial charge >= 0.3 is 7.82 Å². The lowest BCUT2D eigenvalue weighted by Crippen LogP contribution is -2.47. The Morgan fingerprint density at radius 1 is 0.536 bits per heavy atom. The number of aliphatic hydroxyl groups is 2. The van der Waals surface area contributed by atoms with E-state index in [-0.39, 0.29) is 26.2 Å². The SMILES string of the molecule is CCCCCCCCCCCCCCCCCCCCC(O)C(COP(=O)(O)OCCN)NC(=O)CC(O)CCCCCCCCCCCCCCCCCC. The number of nitrogens with one attached hydrogen (secondary N) is 1. The van der Waals surface area contributed by atoms with E-state index in [1.54, 1.807) is 0 Å². The van der Waals surface area contributed by atoms with Crippen LogP contribution in [-0.2, 0) is 18.4 Å². The first-order valence-corrected chi connectivity index (χ1v) is 25.7. The van der Waals surface area contributed by atoms with E-state index < -0.39 is 32.0 Å². The van der Waals surface area contributed by atoms with Crippen molar-refractivity contribution in [1.82, 2.24) is 5.32 Å². The summed E-state index contributed by atoms with van der Waals surface area (Å²) >= 11 is 0. The van der Waals surface area contributed by atoms with Crippen LogP contribution in [0.4, 0.5) is 0 Å². The fourth-order valence-corrected chi connectivity index (χ4v) is 8.35. The predicted octanol–water partition coefficient (Wildman–Crippen LogP) is 12.8. The minimum absolute atomic E-state index is 0.0628. The van der Waals surface area contributed by atoms with E-state index in [4.69, 9.17) is 14.8 Å². The number of hydrogen-bond acceptors (Lipinski definition) is 7. The van der Waals surface area contributed by atoms with Gasteiger partial charge in [-0.15, -0.1) is 0 Å². The lowest BCUT2D eigenvalue weighted by molar-refractivity contribution is -0.125. The molecule has 9 nitrogen and oxygen atoms in total. The molecular weight excluding hydrogens is 723 g/mol. The van der Waals surface area contributed by atoms with Crippen molar-refractivity contribution in [3.05, 3.63) is 0 Å². The van der Waals surface area contributed by atoms with E-state index >= 15 is 0 Å². The molecule has 4 unspecified atom stereocenters. The minimum atomic E-state index is -4.37. The Morgan fingerprint density at radius 3 is 1.20 bits per heavy atom. The third kappa shape index (κ3) is 40.2. The average Bonchev–Trinajstić information content (AvgIpc) is 3.17. The van der Waals surface area contributed by atoms with Crippen molar-refractivity contribution in [2.75, 3.05) is 19.8 Å². The van der Waals surface area contributed by atoms with Crippen molar-refractivity contribution >= 4 is 13.7 Å². The average molecular weight is 819 g/mol. The highest BCUT2D eigenvalue weighted by Gasteiger charge is 2.28. The van der Waals surface area contributed by atoms with Gasteiger partial charge in [0.05, 0.1) is 37.9 Å². The van der Waals surface area contributed by atoms with Gasteiger partial charge in [0.1, 0.15) is 0 Å². The molecule has 56 heavy (non-hydrogen) atoms. The highest BCUT2D eigenvalue weighted by atomic mass is 31.2. The molecule has 0 aromatic heterocycles. The Hall–Kier alpha value is -0.540. The maximum absolute atomic E-state index is 12.9. The van der Waals surface area contributed by atoms with Gasteiger partial charge in [0, 0.05) is 6.54 Å². The molecule has 0 aliphatic heterocycles. The van der Waals surface area contributed by atoms with Gasteiger partial charge in [-0.3, -0.25) is 13.8 Å². The highest BCUT2D eigenvalue weighted by Crippen LogP contribution is 2.43. The molecule has 0 aromatic carbocycles. The fraction of sp³-hybridized carbons (Fsp3) is 0.978. The van der Waals surface area contributed by atoms with Crippen LogP contribution in [-0.4, -0.2) is 59.0 Å². The highest BCUT2D eigenvalue weighted by molar-refractivity contribution is 7.47. The topological polar surface area (TPSA) is 151 Å². The molecule has 0 aliphatic rings. The molecule has 4 atom stereocenters. The summed E-state index contributed by atoms with van der Waals surface area (Å²) in [5.74, 6) is -0.407. The molecule has 0 spiro atoms. The molecule has 0 radical (unpaired) electrons. The third-order valence-electron chi connectivity index (χ3n) is 11.3. The largest absolute Gasteiger partial charge is 0.472 e. The maximum atomic E-state index is 12.9. The van der Waals surface area contributed by atoms with Gasteiger partial charge in [0.15, 0.2) is 0 Å². The van der Waals surface area contributed by atoms with Crippen molar-refractivity contribution < 1.29 is 33.5 Å². The van der Waals surface area contributed by atoms with Crippen LogP contribution in [0.5, 0.6) is 0 Å². The summed E-state index contributed by atoms with van der Waals surface area (Å²) in [5.41, 5.74) is 5.38. The Kier molecular flexibility index (Phi) is 42.2. The van der Waals surface area contributed by atoms with Gasteiger partial charge in [-0.1, -0.05) is 232 Å². The van der Waals surface area contributed by atoms with Gasteiger partial charge in [-0.25, -0.2) is 4.57 Å². The Balaban J connectivity index is 4.17. The molecule has 0 rings (SSSR count). The number of carbonyl (C=O) groups excluding carboxylic acids is 1. The molecule has 0 heterocycles. The fourth-order valence-electron chi connectivity index (χ4n) is 7.59. The van der Waals surface area contributed by atoms with Crippen LogP contribution < -0.4 is 11.1 Å². The molecule has 0 aliphatic carbocycles. The number of unbranched alkanes of at least 4 members (excludes halogenated alkanes) is 32. The van der Waals surface area contributed by atoms with E-state index in [1.807, 2.05) is 0 Å². The van der Waals surface area contributed by atoms with Crippen LogP contribution in [0.1, 0.15) is 251 Å². The number of phosphoric acid groups is 1. The van der Waals surface area contributed by atoms with Gasteiger partial charge in [-0.05, 0) is 12.8 Å². The zero-order valence-electron chi connectivity index (χ0n) is 37.0. The van der Waals surface area contributed by atoms with Crippen LogP contribution in [0, 0.1) is 0 Å². The zero-order chi connectivity index (χ0) is 41.2. The van der Waals surface area contributed by atoms with Gasteiger partial charge in [0.2, 0.25) is 5.91 Å². The molecule has 0 aromatic rings. The Labute approximate surface area is 346 Å². The summed E-state index contributed by atoms with van der Waals surface area (Å²) in [5, 5.41) is 24.3. The first kappa shape index (κ1) is 55.5. The van der Waals surface area contributed by atoms with Crippen molar-refractivity contribution in [3.8, 4) is 0 Å². The molecule has 0 saturated heterocycles. The zero-order valence-corrected chi connectivity index (χ0v) is 37.9. The molecule has 6 N–H and O–H groups in total. The summed E-state index contributed by atoms with van der Waals surface area (Å²) in [7, 11) is -4.37. The molecule has 0 bridgehead atoms. The van der Waals surface area contributed by atoms with E-state index in [2.05, 4.69) is 19.2 Å². The summed E-state index contributed by atoms with van der Waals surface area (Å²) in [6.07, 6.45) is 42.9. The Bertz CT molecular complexity index is 867. The van der Waals surface area contributed by atoms with Crippen LogP contribution >= 0.6 is 7.82 Å². The quantitative estimate of drug-likeness (QED) is 0.0301. The van der Waals surface area contributed by atoms with Gasteiger partial charge in [0.25, 0.3) is 0 Å². The van der Waals surface area contributed by atoms with Crippen molar-refractivity contribution in [2.45, 2.75) is 270 Å². The van der Waals surface area contributed by atoms with Crippen molar-refractivity contribution in [3.63, 3.8) is 0 Å². The van der Waals surface area contributed by atoms with E-state index in [0.29, 0.717) is 12.8 Å². The molecule has 1 amide bonds. The lowest BCUT2D eigenvalue weighted by atomic mass is 10.0. The number of hydrogen-bond donors (Lipinski definition) is 5. The van der Waals surface area contributed by atoms with Crippen LogP contribution in [0.15, 0.2) is 0 Å². The molecule has 10 heteroatoms. The summed E-state index contributed by atoms with van der Waals surface area (Å²) in [4.78, 5) is 22.8. The number of amides is 1. The normalized spacial score (nSPS) is 14.5. The van der Waals surface area contributed by atoms with Crippen LogP contribution in [0.3, 0.4) is 0 Å².